The molecule has 2 rings (SSSR count). The van der Waals surface area contributed by atoms with Gasteiger partial charge in [0.15, 0.2) is 0 Å². The largest absolute Gasteiger partial charge is 0.336 e. The molecule has 2 heterocycles. The summed E-state index contributed by atoms with van der Waals surface area (Å²) in [6, 6.07) is 5.18. The van der Waals surface area contributed by atoms with E-state index >= 15 is 0 Å². The van der Waals surface area contributed by atoms with E-state index in [2.05, 4.69) is 4.98 Å². The summed E-state index contributed by atoms with van der Waals surface area (Å²) in [6.45, 7) is 0.712. The second-order valence-electron chi connectivity index (χ2n) is 4.63. The van der Waals surface area contributed by atoms with Gasteiger partial charge in [0.25, 0.3) is 0 Å². The predicted molar refractivity (Wildman–Crippen MR) is 70.7 cm³/mol. The van der Waals surface area contributed by atoms with E-state index in [0.29, 0.717) is 23.9 Å². The molecular formula is C11H14ClN3O3S. The summed E-state index contributed by atoms with van der Waals surface area (Å²) in [5, 5.41) is 5.36. The summed E-state index contributed by atoms with van der Waals surface area (Å²) < 4.78 is 22.0. The summed E-state index contributed by atoms with van der Waals surface area (Å²) in [5.41, 5.74) is 0.678. The van der Waals surface area contributed by atoms with Crippen LogP contribution in [0.1, 0.15) is 12.1 Å². The molecule has 1 aliphatic heterocycles. The van der Waals surface area contributed by atoms with Crippen LogP contribution in [0.15, 0.2) is 18.2 Å². The number of nitrogens with zero attached hydrogens (tertiary/aromatic N) is 2. The zero-order valence-corrected chi connectivity index (χ0v) is 11.7. The van der Waals surface area contributed by atoms with Crippen LogP contribution in [0.2, 0.25) is 5.15 Å². The van der Waals surface area contributed by atoms with Gasteiger partial charge in [-0.3, -0.25) is 4.79 Å². The van der Waals surface area contributed by atoms with Gasteiger partial charge in [0, 0.05) is 18.9 Å². The summed E-state index contributed by atoms with van der Waals surface area (Å²) in [5.74, 6) is -0.504. The maximum absolute atomic E-state index is 11.8. The average Bonchev–Trinajstić information content (AvgIpc) is 2.56. The molecule has 19 heavy (non-hydrogen) atoms. The Morgan fingerprint density at radius 1 is 1.47 bits per heavy atom. The van der Waals surface area contributed by atoms with Crippen LogP contribution in [0.3, 0.4) is 0 Å². The van der Waals surface area contributed by atoms with Gasteiger partial charge in [-0.1, -0.05) is 17.7 Å². The van der Waals surface area contributed by atoms with Crippen LogP contribution in [0.5, 0.6) is 0 Å². The Labute approximate surface area is 116 Å². The normalized spacial score (nSPS) is 20.0. The maximum Gasteiger partial charge on any atom is 0.223 e. The first-order valence-electron chi connectivity index (χ1n) is 5.73. The molecule has 1 aromatic rings. The lowest BCUT2D eigenvalue weighted by atomic mass is 10.1. The van der Waals surface area contributed by atoms with Gasteiger partial charge in [0.1, 0.15) is 5.15 Å². The first kappa shape index (κ1) is 14.2. The standard InChI is InChI=1S/C11H14ClN3O3S/c12-10-3-1-2-9(14-10)6-15-5-8(4-11(15)16)7-19(13,17)18/h1-3,8H,4-7H2,(H2,13,17,18). The van der Waals surface area contributed by atoms with Crippen LogP contribution in [0.4, 0.5) is 0 Å². The van der Waals surface area contributed by atoms with Gasteiger partial charge >= 0.3 is 0 Å². The number of hydrogen-bond donors (Lipinski definition) is 1. The van der Waals surface area contributed by atoms with Crippen LogP contribution in [0, 0.1) is 5.92 Å². The zero-order chi connectivity index (χ0) is 14.0. The topological polar surface area (TPSA) is 93.4 Å². The highest BCUT2D eigenvalue weighted by Crippen LogP contribution is 2.21. The number of hydrogen-bond acceptors (Lipinski definition) is 4. The lowest BCUT2D eigenvalue weighted by Gasteiger charge is -2.16. The second-order valence-corrected chi connectivity index (χ2v) is 6.67. The van der Waals surface area contributed by atoms with E-state index in [-0.39, 0.29) is 24.0 Å². The van der Waals surface area contributed by atoms with E-state index in [9.17, 15) is 13.2 Å². The fourth-order valence-electron chi connectivity index (χ4n) is 2.18. The molecular weight excluding hydrogens is 290 g/mol. The van der Waals surface area contributed by atoms with Crippen molar-refractivity contribution < 1.29 is 13.2 Å². The lowest BCUT2D eigenvalue weighted by molar-refractivity contribution is -0.128. The van der Waals surface area contributed by atoms with E-state index < -0.39 is 10.0 Å². The molecule has 0 spiro atoms. The van der Waals surface area contributed by atoms with E-state index in [1.165, 1.54) is 0 Å². The Morgan fingerprint density at radius 2 is 2.21 bits per heavy atom. The summed E-state index contributed by atoms with van der Waals surface area (Å²) in [7, 11) is -3.55. The number of pyridine rings is 1. The average molecular weight is 304 g/mol. The molecule has 8 heteroatoms. The quantitative estimate of drug-likeness (QED) is 0.813. The SMILES string of the molecule is NS(=O)(=O)CC1CC(=O)N(Cc2cccc(Cl)n2)C1. The number of likely N-dealkylation sites (tertiary alicyclic amines) is 1. The first-order valence-corrected chi connectivity index (χ1v) is 7.82. The number of primary sulfonamides is 1. The maximum atomic E-state index is 11.8. The molecule has 1 aliphatic rings. The number of rotatable bonds is 4. The van der Waals surface area contributed by atoms with Crippen molar-refractivity contribution in [3.05, 3.63) is 29.0 Å². The minimum atomic E-state index is -3.55. The van der Waals surface area contributed by atoms with Gasteiger partial charge in [0.05, 0.1) is 18.0 Å². The molecule has 1 unspecified atom stereocenters. The van der Waals surface area contributed by atoms with Crippen molar-refractivity contribution >= 4 is 27.5 Å². The molecule has 104 valence electrons. The first-order chi connectivity index (χ1) is 8.83. The van der Waals surface area contributed by atoms with Crippen molar-refractivity contribution in [3.63, 3.8) is 0 Å². The molecule has 0 saturated carbocycles. The van der Waals surface area contributed by atoms with Gasteiger partial charge in [-0.15, -0.1) is 0 Å². The Bertz CT molecular complexity index is 591. The van der Waals surface area contributed by atoms with Crippen molar-refractivity contribution in [2.24, 2.45) is 11.1 Å². The number of aromatic nitrogens is 1. The molecule has 1 fully saturated rings. The van der Waals surface area contributed by atoms with Gasteiger partial charge in [-0.25, -0.2) is 18.5 Å². The Hall–Kier alpha value is -1.18. The van der Waals surface area contributed by atoms with Crippen molar-refractivity contribution in [1.82, 2.24) is 9.88 Å². The van der Waals surface area contributed by atoms with Crippen molar-refractivity contribution in [2.45, 2.75) is 13.0 Å². The van der Waals surface area contributed by atoms with Crippen molar-refractivity contribution in [3.8, 4) is 0 Å². The van der Waals surface area contributed by atoms with Crippen molar-refractivity contribution in [1.29, 1.82) is 0 Å². The number of amides is 1. The fraction of sp³-hybridized carbons (Fsp3) is 0.455. The number of nitrogens with two attached hydrogens (primary N) is 1. The monoisotopic (exact) mass is 303 g/mol. The van der Waals surface area contributed by atoms with Crippen molar-refractivity contribution in [2.75, 3.05) is 12.3 Å². The number of sulfonamides is 1. The molecule has 2 N–H and O–H groups in total. The Morgan fingerprint density at radius 3 is 2.84 bits per heavy atom. The van der Waals surface area contributed by atoms with Gasteiger partial charge in [0.2, 0.25) is 15.9 Å². The highest BCUT2D eigenvalue weighted by molar-refractivity contribution is 7.89. The third-order valence-electron chi connectivity index (χ3n) is 2.89. The lowest BCUT2D eigenvalue weighted by Crippen LogP contribution is -2.27. The van der Waals surface area contributed by atoms with Gasteiger partial charge in [-0.2, -0.15) is 0 Å². The van der Waals surface area contributed by atoms with Crippen LogP contribution in [0.25, 0.3) is 0 Å². The van der Waals surface area contributed by atoms with Gasteiger partial charge < -0.3 is 4.90 Å². The minimum Gasteiger partial charge on any atom is -0.336 e. The summed E-state index contributed by atoms with van der Waals surface area (Å²) in [4.78, 5) is 17.5. The van der Waals surface area contributed by atoms with E-state index in [0.717, 1.165) is 0 Å². The summed E-state index contributed by atoms with van der Waals surface area (Å²) >= 11 is 5.77. The van der Waals surface area contributed by atoms with E-state index in [1.807, 2.05) is 0 Å². The number of halogens is 1. The third kappa shape index (κ3) is 4.15. The van der Waals surface area contributed by atoms with E-state index in [1.54, 1.807) is 23.1 Å². The Balaban J connectivity index is 2.01. The third-order valence-corrected chi connectivity index (χ3v) is 4.03. The van der Waals surface area contributed by atoms with Crippen LogP contribution in [-0.4, -0.2) is 36.5 Å². The molecule has 6 nitrogen and oxygen atoms in total. The van der Waals surface area contributed by atoms with Gasteiger partial charge in [-0.05, 0) is 12.1 Å². The van der Waals surface area contributed by atoms with Crippen LogP contribution >= 0.6 is 11.6 Å². The van der Waals surface area contributed by atoms with E-state index in [4.69, 9.17) is 16.7 Å². The highest BCUT2D eigenvalue weighted by Gasteiger charge is 2.31. The molecule has 1 atom stereocenters. The smallest absolute Gasteiger partial charge is 0.223 e. The number of carbonyl (C=O) groups excluding carboxylic acids is 1. The minimum absolute atomic E-state index is 0.0876. The number of carbonyl (C=O) groups is 1. The molecule has 1 amide bonds. The van der Waals surface area contributed by atoms with Crippen LogP contribution in [-0.2, 0) is 21.4 Å². The molecule has 0 radical (unpaired) electrons. The Kier molecular flexibility index (Phi) is 4.07. The second kappa shape index (κ2) is 5.44. The molecule has 0 aliphatic carbocycles. The molecule has 0 aromatic carbocycles. The van der Waals surface area contributed by atoms with Crippen LogP contribution < -0.4 is 5.14 Å². The molecule has 1 saturated heterocycles. The molecule has 0 bridgehead atoms. The highest BCUT2D eigenvalue weighted by atomic mass is 35.5. The summed E-state index contributed by atoms with van der Waals surface area (Å²) in [6.07, 6.45) is 0.205. The fourth-order valence-corrected chi connectivity index (χ4v) is 3.24. The predicted octanol–water partition coefficient (Wildman–Crippen LogP) is 0.372. The molecule has 1 aromatic heterocycles. The zero-order valence-electron chi connectivity index (χ0n) is 10.1.